The van der Waals surface area contributed by atoms with Crippen molar-refractivity contribution >= 4 is 11.9 Å². The molecule has 0 spiro atoms. The maximum Gasteiger partial charge on any atom is 0.315 e. The first-order valence-electron chi connectivity index (χ1n) is 28.4. The number of aliphatic hydroxyl groups is 14. The van der Waals surface area contributed by atoms with E-state index < -0.39 is 199 Å². The molecule has 4 aliphatic heterocycles. The Hall–Kier alpha value is -2.16. The van der Waals surface area contributed by atoms with Crippen molar-refractivity contribution in [3.63, 3.8) is 0 Å². The third-order valence-corrected chi connectivity index (χ3v) is 22.0. The molecule has 0 bridgehead atoms. The van der Waals surface area contributed by atoms with E-state index in [1.54, 1.807) is 0 Å². The number of rotatable bonds is 13. The molecule has 14 N–H and O–H groups in total. The molecule has 0 radical (unpaired) electrons. The van der Waals surface area contributed by atoms with Crippen molar-refractivity contribution in [3.8, 4) is 0 Å². The van der Waals surface area contributed by atoms with Crippen LogP contribution in [0.5, 0.6) is 0 Å². The van der Waals surface area contributed by atoms with Gasteiger partial charge in [0, 0.05) is 5.41 Å². The zero-order valence-electron chi connectivity index (χ0n) is 46.6. The largest absolute Gasteiger partial charge is 0.469 e. The van der Waals surface area contributed by atoms with Crippen LogP contribution in [0.25, 0.3) is 0 Å². The molecular weight excluding hydrogens is 1060 g/mol. The average molecular weight is 1150 g/mol. The van der Waals surface area contributed by atoms with Crippen LogP contribution < -0.4 is 0 Å². The van der Waals surface area contributed by atoms with Crippen LogP contribution in [0, 0.1) is 50.2 Å². The maximum absolute atomic E-state index is 14.9. The van der Waals surface area contributed by atoms with Crippen LogP contribution in [0.3, 0.4) is 0 Å². The minimum absolute atomic E-state index is 0.00289. The lowest BCUT2D eigenvalue weighted by atomic mass is 9.33. The Kier molecular flexibility index (Phi) is 17.9. The molecule has 0 amide bonds. The van der Waals surface area contributed by atoms with E-state index in [2.05, 4.69) is 26.8 Å². The molecule has 30 atom stereocenters. The van der Waals surface area contributed by atoms with E-state index in [0.29, 0.717) is 51.4 Å². The molecule has 5 aliphatic carbocycles. The molecular formula is C55H88O25. The van der Waals surface area contributed by atoms with Gasteiger partial charge in [0.2, 0.25) is 6.29 Å². The van der Waals surface area contributed by atoms with Gasteiger partial charge in [-0.05, 0) is 112 Å². The normalized spacial score (nSPS) is 54.2. The van der Waals surface area contributed by atoms with Crippen molar-refractivity contribution in [1.82, 2.24) is 0 Å². The lowest BCUT2D eigenvalue weighted by Crippen LogP contribution is -2.68. The number of fused-ring (bicyclic) bond motifs is 7. The molecule has 9 rings (SSSR count). The van der Waals surface area contributed by atoms with Crippen LogP contribution in [0.2, 0.25) is 0 Å². The summed E-state index contributed by atoms with van der Waals surface area (Å²) in [4.78, 5) is 28.5. The van der Waals surface area contributed by atoms with Gasteiger partial charge in [-0.15, -0.1) is 0 Å². The van der Waals surface area contributed by atoms with E-state index >= 15 is 0 Å². The number of hydrogen-bond acceptors (Lipinski definition) is 25. The number of carbonyl (C=O) groups excluding carboxylic acids is 2. The third kappa shape index (κ3) is 9.83. The number of allylic oxidation sites excluding steroid dienone is 2. The van der Waals surface area contributed by atoms with Crippen LogP contribution in [0.15, 0.2) is 11.6 Å². The number of esters is 2. The molecule has 0 aromatic rings. The first-order chi connectivity index (χ1) is 37.6. The van der Waals surface area contributed by atoms with Crippen LogP contribution in [0.1, 0.15) is 106 Å². The second-order valence-electron chi connectivity index (χ2n) is 26.0. The Labute approximate surface area is 464 Å². The predicted molar refractivity (Wildman–Crippen MR) is 269 cm³/mol. The van der Waals surface area contributed by atoms with E-state index in [4.69, 9.17) is 42.6 Å². The number of hydrogen-bond donors (Lipinski definition) is 14. The second-order valence-corrected chi connectivity index (χ2v) is 26.0. The third-order valence-electron chi connectivity index (χ3n) is 22.0. The molecule has 0 aromatic carbocycles. The van der Waals surface area contributed by atoms with Gasteiger partial charge in [-0.2, -0.15) is 0 Å². The smallest absolute Gasteiger partial charge is 0.315 e. The van der Waals surface area contributed by atoms with E-state index in [-0.39, 0.29) is 31.3 Å². The van der Waals surface area contributed by atoms with E-state index in [9.17, 15) is 81.1 Å². The zero-order valence-corrected chi connectivity index (χ0v) is 46.6. The van der Waals surface area contributed by atoms with Gasteiger partial charge in [0.25, 0.3) is 0 Å². The van der Waals surface area contributed by atoms with Gasteiger partial charge in [0.15, 0.2) is 18.9 Å². The molecule has 4 saturated carbocycles. The summed E-state index contributed by atoms with van der Waals surface area (Å²) in [5, 5.41) is 151. The minimum Gasteiger partial charge on any atom is -0.469 e. The highest BCUT2D eigenvalue weighted by Gasteiger charge is 2.71. The summed E-state index contributed by atoms with van der Waals surface area (Å²) >= 11 is 0. The Morgan fingerprint density at radius 2 is 1.09 bits per heavy atom. The minimum atomic E-state index is -1.92. The van der Waals surface area contributed by atoms with Gasteiger partial charge in [-0.25, -0.2) is 0 Å². The van der Waals surface area contributed by atoms with Gasteiger partial charge in [-0.1, -0.05) is 39.3 Å². The molecule has 4 heterocycles. The summed E-state index contributed by atoms with van der Waals surface area (Å²) in [7, 11) is 1.33. The summed E-state index contributed by atoms with van der Waals surface area (Å²) < 4.78 is 53.7. The monoisotopic (exact) mass is 1150 g/mol. The van der Waals surface area contributed by atoms with Gasteiger partial charge >= 0.3 is 11.9 Å². The Bertz CT molecular complexity index is 2240. The first-order valence-corrected chi connectivity index (χ1v) is 28.4. The van der Waals surface area contributed by atoms with Gasteiger partial charge in [-0.3, -0.25) is 9.59 Å². The molecule has 4 saturated heterocycles. The highest BCUT2D eigenvalue weighted by Crippen LogP contribution is 2.76. The molecule has 458 valence electrons. The van der Waals surface area contributed by atoms with E-state index in [1.807, 2.05) is 13.8 Å². The number of methoxy groups -OCH3 is 1. The van der Waals surface area contributed by atoms with E-state index in [0.717, 1.165) is 5.57 Å². The Morgan fingerprint density at radius 3 is 1.66 bits per heavy atom. The topological polar surface area (TPSA) is 400 Å². The highest BCUT2D eigenvalue weighted by molar-refractivity contribution is 5.81. The number of ether oxygens (including phenoxy) is 9. The molecule has 8 fully saturated rings. The summed E-state index contributed by atoms with van der Waals surface area (Å²) in [6.45, 7) is 9.25. The van der Waals surface area contributed by atoms with Crippen LogP contribution >= 0.6 is 0 Å². The quantitative estimate of drug-likeness (QED) is 0.0500. The summed E-state index contributed by atoms with van der Waals surface area (Å²) in [5.41, 5.74) is -3.59. The summed E-state index contributed by atoms with van der Waals surface area (Å²) in [6.07, 6.45) is -27.6. The zero-order chi connectivity index (χ0) is 58.6. The Morgan fingerprint density at radius 1 is 0.562 bits per heavy atom. The SMILES string of the molecule is COC(=O)C1(C)CCC2(C(=O)OC3OC(CO)C(O)C(O)C3O)CCC3(C)C(=CCC4C5(C)CCC(OC6OC(CO)C(O)C(O)C6OC6OC(CO)C(O)C(O)C6OC6OC(C)C(O)C(O)C6O)C(C)(CO)C5CCC43C)C2C1. The number of aliphatic hydroxyl groups excluding tert-OH is 14. The van der Waals surface area contributed by atoms with Crippen LogP contribution in [-0.4, -0.2) is 246 Å². The highest BCUT2D eigenvalue weighted by atomic mass is 16.8. The fourth-order valence-electron chi connectivity index (χ4n) is 16.7. The maximum atomic E-state index is 14.9. The lowest BCUT2D eigenvalue weighted by molar-refractivity contribution is -0.398. The average Bonchev–Trinajstić information content (AvgIpc) is 3.32. The van der Waals surface area contributed by atoms with Gasteiger partial charge < -0.3 is 114 Å². The predicted octanol–water partition coefficient (Wildman–Crippen LogP) is -2.88. The van der Waals surface area contributed by atoms with Gasteiger partial charge in [0.1, 0.15) is 91.6 Å². The molecule has 25 nitrogen and oxygen atoms in total. The standard InChI is InChI=1S/C55H88O25/c1-23-32(60)36(64)40(68)44(73-23)78-43-39(67)35(63)28(21-58)76-47(43)79-42-38(66)34(62)27(20-57)75-46(42)77-31-11-12-51(3)29(52(31,4)22-59)10-13-54(6)30(51)9-8-24-25-18-50(2,48(70)72-7)14-16-55(25,17-15-53(24,54)5)49(71)80-45-41(69)37(65)33(61)26(19-56)74-45/h8,23,25-47,56-69H,9-22H2,1-7H3. The number of carbonyl (C=O) groups is 2. The summed E-state index contributed by atoms with van der Waals surface area (Å²) in [6, 6.07) is 0. The van der Waals surface area contributed by atoms with Crippen molar-refractivity contribution < 1.29 is 124 Å². The van der Waals surface area contributed by atoms with Crippen molar-refractivity contribution in [2.24, 2.45) is 50.2 Å². The second kappa shape index (κ2) is 22.9. The van der Waals surface area contributed by atoms with E-state index in [1.165, 1.54) is 14.0 Å². The summed E-state index contributed by atoms with van der Waals surface area (Å²) in [5.74, 6) is -1.84. The van der Waals surface area contributed by atoms with Crippen molar-refractivity contribution in [2.45, 2.75) is 235 Å². The lowest BCUT2D eigenvalue weighted by Gasteiger charge is -2.71. The molecule has 25 heteroatoms. The van der Waals surface area contributed by atoms with Crippen LogP contribution in [-0.2, 0) is 52.2 Å². The van der Waals surface area contributed by atoms with Crippen molar-refractivity contribution in [1.29, 1.82) is 0 Å². The fraction of sp³-hybridized carbons (Fsp3) is 0.927. The Balaban J connectivity index is 0.993. The van der Waals surface area contributed by atoms with Crippen molar-refractivity contribution in [2.75, 3.05) is 33.5 Å². The van der Waals surface area contributed by atoms with Crippen LogP contribution in [0.4, 0.5) is 0 Å². The molecule has 30 unspecified atom stereocenters. The van der Waals surface area contributed by atoms with Crippen molar-refractivity contribution in [3.05, 3.63) is 11.6 Å². The molecule has 80 heavy (non-hydrogen) atoms. The molecule has 0 aromatic heterocycles. The van der Waals surface area contributed by atoms with Gasteiger partial charge in [0.05, 0.1) is 56.6 Å². The molecule has 9 aliphatic rings. The fourth-order valence-corrected chi connectivity index (χ4v) is 16.7. The first kappa shape index (κ1) is 62.4.